The summed E-state index contributed by atoms with van der Waals surface area (Å²) in [4.78, 5) is 10.7. The third-order valence-electron chi connectivity index (χ3n) is 2.65. The van der Waals surface area contributed by atoms with Crippen molar-refractivity contribution in [2.45, 2.75) is 32.5 Å². The summed E-state index contributed by atoms with van der Waals surface area (Å²) in [6.07, 6.45) is -2.11. The van der Waals surface area contributed by atoms with E-state index in [9.17, 15) is 19.4 Å². The van der Waals surface area contributed by atoms with Crippen LogP contribution in [0.2, 0.25) is 0 Å². The highest BCUT2D eigenvalue weighted by Gasteiger charge is 2.23. The van der Waals surface area contributed by atoms with Crippen molar-refractivity contribution < 1.29 is 19.4 Å². The molecule has 5 heteroatoms. The highest BCUT2D eigenvalue weighted by molar-refractivity contribution is 8.13. The second kappa shape index (κ2) is 6.87. The van der Waals surface area contributed by atoms with Crippen molar-refractivity contribution >= 4 is 16.9 Å². The van der Waals surface area contributed by atoms with Gasteiger partial charge in [0.05, 0.1) is 6.10 Å². The van der Waals surface area contributed by atoms with Crippen LogP contribution >= 0.6 is 11.8 Å². The van der Waals surface area contributed by atoms with Gasteiger partial charge < -0.3 is 10.2 Å². The molecule has 2 N–H and O–H groups in total. The molecule has 18 heavy (non-hydrogen) atoms. The zero-order valence-corrected chi connectivity index (χ0v) is 11.2. The van der Waals surface area contributed by atoms with Crippen LogP contribution in [0, 0.1) is 12.7 Å². The van der Waals surface area contributed by atoms with Crippen molar-refractivity contribution in [1.82, 2.24) is 0 Å². The maximum absolute atomic E-state index is 13.6. The molecular weight excluding hydrogens is 255 g/mol. The van der Waals surface area contributed by atoms with Crippen LogP contribution in [0.25, 0.3) is 0 Å². The van der Waals surface area contributed by atoms with E-state index in [-0.39, 0.29) is 17.1 Å². The number of halogens is 1. The monoisotopic (exact) mass is 272 g/mol. The van der Waals surface area contributed by atoms with Gasteiger partial charge in [-0.3, -0.25) is 4.79 Å². The third kappa shape index (κ3) is 4.08. The lowest BCUT2D eigenvalue weighted by molar-refractivity contribution is -0.109. The number of aliphatic hydroxyl groups is 2. The van der Waals surface area contributed by atoms with E-state index in [1.165, 1.54) is 13.0 Å². The molecule has 1 rings (SSSR count). The van der Waals surface area contributed by atoms with Crippen molar-refractivity contribution in [3.8, 4) is 0 Å². The first-order valence-corrected chi connectivity index (χ1v) is 6.66. The van der Waals surface area contributed by atoms with E-state index in [0.29, 0.717) is 11.3 Å². The Bertz CT molecular complexity index is 402. The fraction of sp³-hybridized carbons (Fsp3) is 0.462. The standard InChI is InChI=1S/C13H17FO3S/c1-8-4-3-5-10(14)12(8)13(17)11(16)6-7-18-9(2)15/h3-5,11,13,16-17H,6-7H2,1-2H3. The molecule has 1 aromatic carbocycles. The Morgan fingerprint density at radius 2 is 2.11 bits per heavy atom. The van der Waals surface area contributed by atoms with E-state index in [2.05, 4.69) is 0 Å². The molecule has 3 nitrogen and oxygen atoms in total. The minimum absolute atomic E-state index is 0.0428. The molecular formula is C13H17FO3S. The van der Waals surface area contributed by atoms with Crippen LogP contribution < -0.4 is 0 Å². The molecule has 0 radical (unpaired) electrons. The normalized spacial score (nSPS) is 14.3. The minimum Gasteiger partial charge on any atom is -0.390 e. The molecule has 0 aliphatic carbocycles. The molecule has 0 aromatic heterocycles. The Hall–Kier alpha value is -0.910. The number of hydrogen-bond acceptors (Lipinski definition) is 4. The van der Waals surface area contributed by atoms with Crippen LogP contribution in [0.1, 0.15) is 30.6 Å². The zero-order chi connectivity index (χ0) is 13.7. The van der Waals surface area contributed by atoms with E-state index in [0.717, 1.165) is 11.8 Å². The van der Waals surface area contributed by atoms with Crippen molar-refractivity contribution in [3.63, 3.8) is 0 Å². The van der Waals surface area contributed by atoms with Crippen molar-refractivity contribution in [1.29, 1.82) is 0 Å². The van der Waals surface area contributed by atoms with E-state index in [1.54, 1.807) is 19.1 Å². The largest absolute Gasteiger partial charge is 0.390 e. The molecule has 0 saturated heterocycles. The summed E-state index contributed by atoms with van der Waals surface area (Å²) in [7, 11) is 0. The highest BCUT2D eigenvalue weighted by Crippen LogP contribution is 2.25. The number of benzene rings is 1. The maximum Gasteiger partial charge on any atom is 0.185 e. The molecule has 0 fully saturated rings. The van der Waals surface area contributed by atoms with Crippen molar-refractivity contribution in [3.05, 3.63) is 35.1 Å². The molecule has 0 bridgehead atoms. The summed E-state index contributed by atoms with van der Waals surface area (Å²) in [5.74, 6) is -0.123. The molecule has 0 spiro atoms. The van der Waals surface area contributed by atoms with Crippen LogP contribution in [-0.4, -0.2) is 27.2 Å². The Kier molecular flexibility index (Phi) is 5.78. The van der Waals surface area contributed by atoms with Crippen molar-refractivity contribution in [2.75, 3.05) is 5.75 Å². The summed E-state index contributed by atoms with van der Waals surface area (Å²) >= 11 is 1.08. The van der Waals surface area contributed by atoms with Gasteiger partial charge in [-0.1, -0.05) is 23.9 Å². The number of aliphatic hydroxyl groups excluding tert-OH is 2. The molecule has 0 heterocycles. The summed E-state index contributed by atoms with van der Waals surface area (Å²) in [6, 6.07) is 4.49. The maximum atomic E-state index is 13.6. The van der Waals surface area contributed by atoms with Gasteiger partial charge in [0.1, 0.15) is 11.9 Å². The lowest BCUT2D eigenvalue weighted by atomic mass is 9.98. The summed E-state index contributed by atoms with van der Waals surface area (Å²) in [6.45, 7) is 3.12. The fourth-order valence-electron chi connectivity index (χ4n) is 1.69. The fourth-order valence-corrected chi connectivity index (χ4v) is 2.34. The van der Waals surface area contributed by atoms with Gasteiger partial charge in [-0.05, 0) is 25.0 Å². The van der Waals surface area contributed by atoms with Crippen LogP contribution in [0.15, 0.2) is 18.2 Å². The van der Waals surface area contributed by atoms with Gasteiger partial charge in [-0.2, -0.15) is 0 Å². The van der Waals surface area contributed by atoms with Gasteiger partial charge in [0.2, 0.25) is 0 Å². The summed E-state index contributed by atoms with van der Waals surface area (Å²) < 4.78 is 13.6. The second-order valence-corrected chi connectivity index (χ2v) is 5.38. The highest BCUT2D eigenvalue weighted by atomic mass is 32.2. The SMILES string of the molecule is CC(=O)SCCC(O)C(O)c1c(C)cccc1F. The minimum atomic E-state index is -1.27. The summed E-state index contributed by atoms with van der Waals surface area (Å²) in [5, 5.41) is 19.7. The number of carbonyl (C=O) groups is 1. The number of rotatable bonds is 5. The number of thioether (sulfide) groups is 1. The Morgan fingerprint density at radius 3 is 2.67 bits per heavy atom. The second-order valence-electron chi connectivity index (χ2n) is 4.11. The number of hydrogen-bond donors (Lipinski definition) is 2. The van der Waals surface area contributed by atoms with Crippen molar-refractivity contribution in [2.24, 2.45) is 0 Å². The number of carbonyl (C=O) groups excluding carboxylic acids is 1. The van der Waals surface area contributed by atoms with Gasteiger partial charge in [0.15, 0.2) is 5.12 Å². The molecule has 0 saturated carbocycles. The Balaban J connectivity index is 2.68. The molecule has 1 aromatic rings. The third-order valence-corrected chi connectivity index (χ3v) is 3.50. The van der Waals surface area contributed by atoms with Crippen LogP contribution in [-0.2, 0) is 4.79 Å². The first-order chi connectivity index (χ1) is 8.43. The number of aryl methyl sites for hydroxylation is 1. The van der Waals surface area contributed by atoms with E-state index >= 15 is 0 Å². The van der Waals surface area contributed by atoms with Gasteiger partial charge in [0.25, 0.3) is 0 Å². The van der Waals surface area contributed by atoms with E-state index in [1.807, 2.05) is 0 Å². The predicted molar refractivity (Wildman–Crippen MR) is 69.9 cm³/mol. The molecule has 100 valence electrons. The smallest absolute Gasteiger partial charge is 0.185 e. The van der Waals surface area contributed by atoms with Crippen LogP contribution in [0.4, 0.5) is 4.39 Å². The van der Waals surface area contributed by atoms with E-state index < -0.39 is 18.0 Å². The summed E-state index contributed by atoms with van der Waals surface area (Å²) in [5.41, 5.74) is 0.721. The topological polar surface area (TPSA) is 57.5 Å². The van der Waals surface area contributed by atoms with Gasteiger partial charge in [-0.25, -0.2) is 4.39 Å². The Labute approximate surface area is 110 Å². The van der Waals surface area contributed by atoms with Gasteiger partial charge >= 0.3 is 0 Å². The molecule has 0 aliphatic heterocycles. The van der Waals surface area contributed by atoms with Crippen LogP contribution in [0.5, 0.6) is 0 Å². The predicted octanol–water partition coefficient (Wildman–Crippen LogP) is 2.20. The van der Waals surface area contributed by atoms with Gasteiger partial charge in [-0.15, -0.1) is 0 Å². The molecule has 2 atom stereocenters. The molecule has 0 aliphatic rings. The van der Waals surface area contributed by atoms with Gasteiger partial charge in [0, 0.05) is 18.2 Å². The quantitative estimate of drug-likeness (QED) is 0.862. The van der Waals surface area contributed by atoms with Crippen LogP contribution in [0.3, 0.4) is 0 Å². The first kappa shape index (κ1) is 15.1. The average Bonchev–Trinajstić information content (AvgIpc) is 2.27. The first-order valence-electron chi connectivity index (χ1n) is 5.68. The molecule has 0 amide bonds. The van der Waals surface area contributed by atoms with E-state index in [4.69, 9.17) is 0 Å². The lowest BCUT2D eigenvalue weighted by Crippen LogP contribution is -2.21. The zero-order valence-electron chi connectivity index (χ0n) is 10.4. The lowest BCUT2D eigenvalue weighted by Gasteiger charge is -2.20. The Morgan fingerprint density at radius 1 is 1.44 bits per heavy atom. The molecule has 2 unspecified atom stereocenters. The average molecular weight is 272 g/mol.